The zero-order valence-electron chi connectivity index (χ0n) is 10.8. The van der Waals surface area contributed by atoms with Crippen LogP contribution in [-0.2, 0) is 6.42 Å². The predicted molar refractivity (Wildman–Crippen MR) is 79.5 cm³/mol. The first-order valence-corrected chi connectivity index (χ1v) is 7.14. The lowest BCUT2D eigenvalue weighted by atomic mass is 10.0. The van der Waals surface area contributed by atoms with Crippen LogP contribution in [0.3, 0.4) is 0 Å². The van der Waals surface area contributed by atoms with Crippen molar-refractivity contribution in [1.29, 1.82) is 0 Å². The third-order valence-electron chi connectivity index (χ3n) is 2.76. The molecule has 98 valence electrons. The average molecular weight is 272 g/mol. The molecule has 3 nitrogen and oxygen atoms in total. The molecular formula is C15H16N2OS. The highest BCUT2D eigenvalue weighted by molar-refractivity contribution is 7.99. The number of carbonyl (C=O) groups excluding carboxylic acids is 1. The van der Waals surface area contributed by atoms with Gasteiger partial charge in [0.25, 0.3) is 0 Å². The number of benzene rings is 1. The number of nitrogen functional groups attached to an aromatic ring is 1. The molecule has 0 aliphatic carbocycles. The van der Waals surface area contributed by atoms with Crippen LogP contribution in [0, 0.1) is 0 Å². The van der Waals surface area contributed by atoms with Gasteiger partial charge in [-0.3, -0.25) is 4.79 Å². The summed E-state index contributed by atoms with van der Waals surface area (Å²) in [5.74, 6) is 1.52. The molecule has 0 amide bonds. The Labute approximate surface area is 117 Å². The van der Waals surface area contributed by atoms with Crippen LogP contribution in [0.1, 0.15) is 22.8 Å². The van der Waals surface area contributed by atoms with Crippen molar-refractivity contribution >= 4 is 23.4 Å². The lowest BCUT2D eigenvalue weighted by molar-refractivity contribution is 0.0993. The van der Waals surface area contributed by atoms with Crippen LogP contribution in [0.4, 0.5) is 5.82 Å². The van der Waals surface area contributed by atoms with Crippen molar-refractivity contribution in [3.05, 3.63) is 53.7 Å². The van der Waals surface area contributed by atoms with Gasteiger partial charge in [-0.15, -0.1) is 11.8 Å². The van der Waals surface area contributed by atoms with Crippen LogP contribution in [0.15, 0.2) is 47.5 Å². The van der Waals surface area contributed by atoms with Crippen LogP contribution in [-0.4, -0.2) is 16.5 Å². The summed E-state index contributed by atoms with van der Waals surface area (Å²) in [5.41, 5.74) is 7.23. The lowest BCUT2D eigenvalue weighted by Crippen LogP contribution is -2.06. The molecule has 2 aromatic rings. The SMILES string of the molecule is CCSc1ccc(C(=O)Cc2cccnc2N)cc1. The maximum Gasteiger partial charge on any atom is 0.167 e. The highest BCUT2D eigenvalue weighted by Gasteiger charge is 2.09. The average Bonchev–Trinajstić information content (AvgIpc) is 2.42. The van der Waals surface area contributed by atoms with Crippen molar-refractivity contribution in [3.63, 3.8) is 0 Å². The van der Waals surface area contributed by atoms with E-state index in [0.717, 1.165) is 11.3 Å². The van der Waals surface area contributed by atoms with Crippen molar-refractivity contribution in [2.75, 3.05) is 11.5 Å². The van der Waals surface area contributed by atoms with Crippen LogP contribution < -0.4 is 5.73 Å². The van der Waals surface area contributed by atoms with Crippen LogP contribution in [0.25, 0.3) is 0 Å². The van der Waals surface area contributed by atoms with Gasteiger partial charge in [-0.05, 0) is 24.0 Å². The molecule has 0 saturated heterocycles. The van der Waals surface area contributed by atoms with Gasteiger partial charge in [0.15, 0.2) is 5.78 Å². The Balaban J connectivity index is 2.10. The number of aromatic nitrogens is 1. The van der Waals surface area contributed by atoms with Gasteiger partial charge in [0.05, 0.1) is 0 Å². The van der Waals surface area contributed by atoms with Gasteiger partial charge in [-0.25, -0.2) is 4.98 Å². The summed E-state index contributed by atoms with van der Waals surface area (Å²) in [4.78, 5) is 17.3. The second-order valence-electron chi connectivity index (χ2n) is 4.11. The van der Waals surface area contributed by atoms with Crippen LogP contribution >= 0.6 is 11.8 Å². The van der Waals surface area contributed by atoms with E-state index in [0.29, 0.717) is 17.8 Å². The van der Waals surface area contributed by atoms with Gasteiger partial charge in [0.1, 0.15) is 5.82 Å². The molecule has 2 N–H and O–H groups in total. The first kappa shape index (κ1) is 13.6. The normalized spacial score (nSPS) is 10.4. The van der Waals surface area contributed by atoms with Gasteiger partial charge < -0.3 is 5.73 Å². The Hall–Kier alpha value is -1.81. The van der Waals surface area contributed by atoms with E-state index in [9.17, 15) is 4.79 Å². The van der Waals surface area contributed by atoms with E-state index in [1.807, 2.05) is 30.3 Å². The molecule has 0 aliphatic heterocycles. The second kappa shape index (κ2) is 6.38. The Kier molecular flexibility index (Phi) is 4.58. The molecule has 0 unspecified atom stereocenters. The van der Waals surface area contributed by atoms with E-state index in [1.165, 1.54) is 4.90 Å². The third kappa shape index (κ3) is 3.58. The molecule has 0 radical (unpaired) electrons. The first-order chi connectivity index (χ1) is 9.20. The smallest absolute Gasteiger partial charge is 0.167 e. The minimum absolute atomic E-state index is 0.0627. The van der Waals surface area contributed by atoms with Gasteiger partial charge in [-0.1, -0.05) is 25.1 Å². The number of ketones is 1. The van der Waals surface area contributed by atoms with Crippen LogP contribution in [0.2, 0.25) is 0 Å². The van der Waals surface area contributed by atoms with Crippen molar-refractivity contribution in [1.82, 2.24) is 4.98 Å². The molecule has 4 heteroatoms. The molecule has 0 atom stereocenters. The first-order valence-electron chi connectivity index (χ1n) is 6.16. The summed E-state index contributed by atoms with van der Waals surface area (Å²) in [5, 5.41) is 0. The molecule has 0 bridgehead atoms. The minimum Gasteiger partial charge on any atom is -0.383 e. The van der Waals surface area contributed by atoms with Crippen molar-refractivity contribution in [2.45, 2.75) is 18.2 Å². The lowest BCUT2D eigenvalue weighted by Gasteiger charge is -2.05. The number of rotatable bonds is 5. The highest BCUT2D eigenvalue weighted by Crippen LogP contribution is 2.19. The number of hydrogen-bond acceptors (Lipinski definition) is 4. The minimum atomic E-state index is 0.0627. The number of hydrogen-bond donors (Lipinski definition) is 1. The number of nitrogens with two attached hydrogens (primary N) is 1. The van der Waals surface area contributed by atoms with Crippen molar-refractivity contribution in [3.8, 4) is 0 Å². The fourth-order valence-electron chi connectivity index (χ4n) is 1.78. The quantitative estimate of drug-likeness (QED) is 0.671. The molecule has 1 aromatic heterocycles. The molecule has 0 spiro atoms. The fourth-order valence-corrected chi connectivity index (χ4v) is 2.44. The second-order valence-corrected chi connectivity index (χ2v) is 5.44. The highest BCUT2D eigenvalue weighted by atomic mass is 32.2. The maximum absolute atomic E-state index is 12.1. The Morgan fingerprint density at radius 2 is 2.00 bits per heavy atom. The summed E-state index contributed by atoms with van der Waals surface area (Å²) in [7, 11) is 0. The number of carbonyl (C=O) groups is 1. The summed E-state index contributed by atoms with van der Waals surface area (Å²) in [6, 6.07) is 11.3. The molecule has 1 aromatic carbocycles. The van der Waals surface area contributed by atoms with E-state index in [-0.39, 0.29) is 5.78 Å². The van der Waals surface area contributed by atoms with E-state index >= 15 is 0 Å². The van der Waals surface area contributed by atoms with Crippen LogP contribution in [0.5, 0.6) is 0 Å². The van der Waals surface area contributed by atoms with Crippen molar-refractivity contribution < 1.29 is 4.79 Å². The van der Waals surface area contributed by atoms with E-state index in [2.05, 4.69) is 11.9 Å². The molecule has 19 heavy (non-hydrogen) atoms. The van der Waals surface area contributed by atoms with E-state index in [1.54, 1.807) is 24.0 Å². The topological polar surface area (TPSA) is 56.0 Å². The Morgan fingerprint density at radius 1 is 1.26 bits per heavy atom. The summed E-state index contributed by atoms with van der Waals surface area (Å²) in [6.07, 6.45) is 1.92. The van der Waals surface area contributed by atoms with E-state index in [4.69, 9.17) is 5.73 Å². The number of nitrogens with zero attached hydrogens (tertiary/aromatic N) is 1. The van der Waals surface area contributed by atoms with Gasteiger partial charge in [0.2, 0.25) is 0 Å². The Bertz CT molecular complexity index is 567. The van der Waals surface area contributed by atoms with Gasteiger partial charge >= 0.3 is 0 Å². The zero-order valence-corrected chi connectivity index (χ0v) is 11.6. The summed E-state index contributed by atoms with van der Waals surface area (Å²) < 4.78 is 0. The van der Waals surface area contributed by atoms with Gasteiger partial charge in [-0.2, -0.15) is 0 Å². The maximum atomic E-state index is 12.1. The number of thioether (sulfide) groups is 1. The summed E-state index contributed by atoms with van der Waals surface area (Å²) in [6.45, 7) is 2.11. The Morgan fingerprint density at radius 3 is 2.63 bits per heavy atom. The molecular weight excluding hydrogens is 256 g/mol. The molecule has 1 heterocycles. The third-order valence-corrected chi connectivity index (χ3v) is 3.66. The standard InChI is InChI=1S/C15H16N2OS/c1-2-19-13-7-5-11(6-8-13)14(18)10-12-4-3-9-17-15(12)16/h3-9H,2,10H2,1H3,(H2,16,17). The number of anilines is 1. The van der Waals surface area contributed by atoms with Crippen molar-refractivity contribution in [2.24, 2.45) is 0 Å². The summed E-state index contributed by atoms with van der Waals surface area (Å²) >= 11 is 1.76. The fraction of sp³-hybridized carbons (Fsp3) is 0.200. The molecule has 0 saturated carbocycles. The predicted octanol–water partition coefficient (Wildman–Crippen LogP) is 3.20. The number of pyridine rings is 1. The molecule has 2 rings (SSSR count). The molecule has 0 fully saturated rings. The van der Waals surface area contributed by atoms with E-state index < -0.39 is 0 Å². The molecule has 0 aliphatic rings. The monoisotopic (exact) mass is 272 g/mol. The van der Waals surface area contributed by atoms with Gasteiger partial charge in [0, 0.05) is 28.6 Å². The number of Topliss-reactive ketones (excluding diaryl/α,β-unsaturated/α-hetero) is 1. The largest absolute Gasteiger partial charge is 0.383 e. The zero-order chi connectivity index (χ0) is 13.7.